The Hall–Kier alpha value is -1.69. The van der Waals surface area contributed by atoms with Gasteiger partial charge < -0.3 is 15.8 Å². The zero-order valence-electron chi connectivity index (χ0n) is 11.4. The summed E-state index contributed by atoms with van der Waals surface area (Å²) in [5, 5.41) is 2.80. The Labute approximate surface area is 117 Å². The van der Waals surface area contributed by atoms with Gasteiger partial charge >= 0.3 is 6.61 Å². The Morgan fingerprint density at radius 2 is 2.00 bits per heavy atom. The molecule has 20 heavy (non-hydrogen) atoms. The van der Waals surface area contributed by atoms with E-state index in [0.29, 0.717) is 25.9 Å². The summed E-state index contributed by atoms with van der Waals surface area (Å²) in [6.07, 6.45) is 0.907. The number of alkyl halides is 2. The molecule has 0 aromatic heterocycles. The highest BCUT2D eigenvalue weighted by Gasteiger charge is 2.06. The molecule has 0 saturated carbocycles. The Morgan fingerprint density at radius 1 is 1.35 bits per heavy atom. The molecule has 1 atom stereocenters. The lowest BCUT2D eigenvalue weighted by Crippen LogP contribution is -2.31. The van der Waals surface area contributed by atoms with E-state index in [1.807, 2.05) is 6.92 Å². The number of halogens is 2. The van der Waals surface area contributed by atoms with Gasteiger partial charge in [-0.3, -0.25) is 4.79 Å². The van der Waals surface area contributed by atoms with Gasteiger partial charge in [0.05, 0.1) is 0 Å². The summed E-state index contributed by atoms with van der Waals surface area (Å²) in [5.41, 5.74) is 6.35. The van der Waals surface area contributed by atoms with E-state index in [-0.39, 0.29) is 17.6 Å². The highest BCUT2D eigenvalue weighted by Crippen LogP contribution is 2.15. The number of hydrogen-bond donors (Lipinski definition) is 2. The molecular weight excluding hydrogens is 266 g/mol. The normalized spacial score (nSPS) is 12.2. The fraction of sp³-hybridized carbons (Fsp3) is 0.500. The third-order valence-corrected chi connectivity index (χ3v) is 2.84. The van der Waals surface area contributed by atoms with Crippen LogP contribution in [-0.4, -0.2) is 25.6 Å². The van der Waals surface area contributed by atoms with Gasteiger partial charge in [0.2, 0.25) is 5.91 Å². The van der Waals surface area contributed by atoms with Crippen LogP contribution in [-0.2, 0) is 11.2 Å². The molecule has 1 unspecified atom stereocenters. The van der Waals surface area contributed by atoms with Crippen LogP contribution in [0.4, 0.5) is 8.78 Å². The van der Waals surface area contributed by atoms with Crippen LogP contribution in [0.2, 0.25) is 0 Å². The van der Waals surface area contributed by atoms with Crippen LogP contribution in [0.15, 0.2) is 24.3 Å². The zero-order chi connectivity index (χ0) is 15.0. The van der Waals surface area contributed by atoms with Crippen molar-refractivity contribution in [3.63, 3.8) is 0 Å². The summed E-state index contributed by atoms with van der Waals surface area (Å²) in [6.45, 7) is 0.237. The van der Waals surface area contributed by atoms with Crippen LogP contribution in [0.3, 0.4) is 0 Å². The molecule has 0 fully saturated rings. The number of carbonyl (C=O) groups excluding carboxylic acids is 1. The van der Waals surface area contributed by atoms with Gasteiger partial charge in [-0.2, -0.15) is 8.78 Å². The van der Waals surface area contributed by atoms with Crippen molar-refractivity contribution in [1.82, 2.24) is 5.32 Å². The molecular formula is C14H20F2N2O2. The van der Waals surface area contributed by atoms with Crippen molar-refractivity contribution in [1.29, 1.82) is 0 Å². The van der Waals surface area contributed by atoms with E-state index < -0.39 is 6.61 Å². The van der Waals surface area contributed by atoms with E-state index in [0.717, 1.165) is 5.56 Å². The minimum absolute atomic E-state index is 0.0433. The first-order chi connectivity index (χ1) is 9.51. The smallest absolute Gasteiger partial charge is 0.387 e. The van der Waals surface area contributed by atoms with Crippen LogP contribution in [0.5, 0.6) is 5.75 Å². The Bertz CT molecular complexity index is 410. The largest absolute Gasteiger partial charge is 0.435 e. The van der Waals surface area contributed by atoms with Crippen molar-refractivity contribution in [3.05, 3.63) is 29.8 Å². The number of nitrogens with two attached hydrogens (primary N) is 1. The summed E-state index contributed by atoms with van der Waals surface area (Å²) >= 11 is 0. The van der Waals surface area contributed by atoms with Crippen LogP contribution in [0.1, 0.15) is 18.9 Å². The molecule has 0 spiro atoms. The van der Waals surface area contributed by atoms with Crippen LogP contribution < -0.4 is 15.8 Å². The van der Waals surface area contributed by atoms with E-state index in [2.05, 4.69) is 10.1 Å². The quantitative estimate of drug-likeness (QED) is 0.767. The number of hydrogen-bond acceptors (Lipinski definition) is 3. The summed E-state index contributed by atoms with van der Waals surface area (Å²) in [6, 6.07) is 6.28. The molecule has 3 N–H and O–H groups in total. The summed E-state index contributed by atoms with van der Waals surface area (Å²) in [5.74, 6) is 0.327. The highest BCUT2D eigenvalue weighted by atomic mass is 19.3. The molecule has 0 aliphatic rings. The van der Waals surface area contributed by atoms with Gasteiger partial charge in [0.15, 0.2) is 0 Å². The maximum atomic E-state index is 12.0. The molecule has 0 saturated heterocycles. The number of nitrogens with one attached hydrogen (secondary N) is 1. The SMILES string of the molecule is CC(CN)CNC(=O)CCc1ccc(OC(F)F)cc1. The molecule has 112 valence electrons. The zero-order valence-corrected chi connectivity index (χ0v) is 11.4. The molecule has 1 aromatic carbocycles. The Kier molecular flexibility index (Phi) is 6.93. The lowest BCUT2D eigenvalue weighted by molar-refractivity contribution is -0.121. The van der Waals surface area contributed by atoms with Crippen molar-refractivity contribution < 1.29 is 18.3 Å². The first-order valence-corrected chi connectivity index (χ1v) is 6.51. The summed E-state index contributed by atoms with van der Waals surface area (Å²) < 4.78 is 28.2. The van der Waals surface area contributed by atoms with Crippen molar-refractivity contribution in [2.45, 2.75) is 26.4 Å². The molecule has 0 heterocycles. The number of ether oxygens (including phenoxy) is 1. The fourth-order valence-electron chi connectivity index (χ4n) is 1.56. The average molecular weight is 286 g/mol. The number of carbonyl (C=O) groups is 1. The highest BCUT2D eigenvalue weighted by molar-refractivity contribution is 5.76. The monoisotopic (exact) mass is 286 g/mol. The first kappa shape index (κ1) is 16.4. The van der Waals surface area contributed by atoms with E-state index in [4.69, 9.17) is 5.73 Å². The third-order valence-electron chi connectivity index (χ3n) is 2.84. The van der Waals surface area contributed by atoms with Gasteiger partial charge in [-0.25, -0.2) is 0 Å². The van der Waals surface area contributed by atoms with Crippen molar-refractivity contribution in [2.24, 2.45) is 11.7 Å². The molecule has 0 aliphatic heterocycles. The molecule has 0 radical (unpaired) electrons. The maximum Gasteiger partial charge on any atom is 0.387 e. The van der Waals surface area contributed by atoms with Crippen LogP contribution in [0.25, 0.3) is 0 Å². The minimum atomic E-state index is -2.82. The molecule has 0 aliphatic carbocycles. The molecule has 1 aromatic rings. The van der Waals surface area contributed by atoms with E-state index in [9.17, 15) is 13.6 Å². The fourth-order valence-corrected chi connectivity index (χ4v) is 1.56. The van der Waals surface area contributed by atoms with Gasteiger partial charge in [-0.15, -0.1) is 0 Å². The number of amides is 1. The van der Waals surface area contributed by atoms with Crippen molar-refractivity contribution in [3.8, 4) is 5.75 Å². The standard InChI is InChI=1S/C14H20F2N2O2/c1-10(8-17)9-18-13(19)7-4-11-2-5-12(6-3-11)20-14(15)16/h2-3,5-6,10,14H,4,7-9,17H2,1H3,(H,18,19). The molecule has 0 bridgehead atoms. The van der Waals surface area contributed by atoms with Gasteiger partial charge in [0, 0.05) is 13.0 Å². The van der Waals surface area contributed by atoms with Crippen LogP contribution in [0, 0.1) is 5.92 Å². The van der Waals surface area contributed by atoms with E-state index in [1.54, 1.807) is 12.1 Å². The molecule has 4 nitrogen and oxygen atoms in total. The Morgan fingerprint density at radius 3 is 2.55 bits per heavy atom. The first-order valence-electron chi connectivity index (χ1n) is 6.51. The second-order valence-electron chi connectivity index (χ2n) is 4.67. The molecule has 1 amide bonds. The van der Waals surface area contributed by atoms with Gasteiger partial charge in [0.25, 0.3) is 0 Å². The number of rotatable bonds is 8. The second-order valence-corrected chi connectivity index (χ2v) is 4.67. The molecule has 1 rings (SSSR count). The molecule has 6 heteroatoms. The van der Waals surface area contributed by atoms with E-state index in [1.165, 1.54) is 12.1 Å². The van der Waals surface area contributed by atoms with Crippen molar-refractivity contribution in [2.75, 3.05) is 13.1 Å². The third kappa shape index (κ3) is 6.47. The van der Waals surface area contributed by atoms with Gasteiger partial charge in [0.1, 0.15) is 5.75 Å². The van der Waals surface area contributed by atoms with E-state index >= 15 is 0 Å². The summed E-state index contributed by atoms with van der Waals surface area (Å²) in [7, 11) is 0. The number of aryl methyl sites for hydroxylation is 1. The lowest BCUT2D eigenvalue weighted by atomic mass is 10.1. The second kappa shape index (κ2) is 8.47. The Balaban J connectivity index is 2.32. The predicted octanol–water partition coefficient (Wildman–Crippen LogP) is 1.93. The summed E-state index contributed by atoms with van der Waals surface area (Å²) in [4.78, 5) is 11.6. The lowest BCUT2D eigenvalue weighted by Gasteiger charge is -2.10. The maximum absolute atomic E-state index is 12.0. The van der Waals surface area contributed by atoms with Gasteiger partial charge in [-0.1, -0.05) is 19.1 Å². The van der Waals surface area contributed by atoms with Crippen LogP contribution >= 0.6 is 0 Å². The average Bonchev–Trinajstić information content (AvgIpc) is 2.43. The minimum Gasteiger partial charge on any atom is -0.435 e. The topological polar surface area (TPSA) is 64.3 Å². The predicted molar refractivity (Wildman–Crippen MR) is 72.6 cm³/mol. The number of benzene rings is 1. The van der Waals surface area contributed by atoms with Crippen molar-refractivity contribution >= 4 is 5.91 Å². The van der Waals surface area contributed by atoms with Gasteiger partial charge in [-0.05, 0) is 36.6 Å².